The Balaban J connectivity index is 2.55. The van der Waals surface area contributed by atoms with E-state index < -0.39 is 0 Å². The normalized spacial score (nSPS) is 13.5. The van der Waals surface area contributed by atoms with Crippen LogP contribution >= 0.6 is 11.6 Å². The smallest absolute Gasteiger partial charge is 0.129 e. The van der Waals surface area contributed by atoms with E-state index in [4.69, 9.17) is 11.6 Å². The van der Waals surface area contributed by atoms with Crippen LogP contribution < -0.4 is 0 Å². The molecule has 0 N–H and O–H groups in total. The summed E-state index contributed by atoms with van der Waals surface area (Å²) < 4.78 is 0. The van der Waals surface area contributed by atoms with Gasteiger partial charge in [-0.2, -0.15) is 5.26 Å². The highest BCUT2D eigenvalue weighted by Crippen LogP contribution is 2.31. The number of halogens is 1. The molecule has 0 radical (unpaired) electrons. The predicted molar refractivity (Wildman–Crippen MR) is 81.9 cm³/mol. The van der Waals surface area contributed by atoms with Crippen LogP contribution in [0.5, 0.6) is 0 Å². The molecular formula is C17H17ClN2. The summed E-state index contributed by atoms with van der Waals surface area (Å²) in [5, 5.41) is 10.0. The van der Waals surface area contributed by atoms with Crippen molar-refractivity contribution in [3.05, 3.63) is 64.4 Å². The predicted octanol–water partition coefficient (Wildman–Crippen LogP) is 4.90. The Morgan fingerprint density at radius 3 is 2.50 bits per heavy atom. The fourth-order valence-corrected chi connectivity index (χ4v) is 2.42. The SMILES string of the molecule is CCC(C)c1ccc(Cl)nc1C(C#N)c1ccccc1. The number of nitriles is 1. The van der Waals surface area contributed by atoms with Gasteiger partial charge in [0.2, 0.25) is 0 Å². The molecule has 2 nitrogen and oxygen atoms in total. The van der Waals surface area contributed by atoms with Crippen LogP contribution in [0.4, 0.5) is 0 Å². The average Bonchev–Trinajstić information content (AvgIpc) is 2.48. The Morgan fingerprint density at radius 1 is 1.20 bits per heavy atom. The summed E-state index contributed by atoms with van der Waals surface area (Å²) in [7, 11) is 0. The first-order valence-corrected chi connectivity index (χ1v) is 7.16. The first kappa shape index (κ1) is 14.6. The van der Waals surface area contributed by atoms with E-state index in [9.17, 15) is 5.26 Å². The van der Waals surface area contributed by atoms with Crippen LogP contribution in [0.25, 0.3) is 0 Å². The molecule has 1 heterocycles. The third kappa shape index (κ3) is 3.00. The van der Waals surface area contributed by atoms with Crippen LogP contribution in [0, 0.1) is 11.3 Å². The zero-order valence-corrected chi connectivity index (χ0v) is 12.4. The lowest BCUT2D eigenvalue weighted by molar-refractivity contribution is 0.711. The molecule has 0 aliphatic rings. The third-order valence-electron chi connectivity index (χ3n) is 3.60. The maximum absolute atomic E-state index is 9.57. The zero-order chi connectivity index (χ0) is 14.5. The summed E-state index contributed by atoms with van der Waals surface area (Å²) in [4.78, 5) is 4.43. The molecule has 0 aliphatic heterocycles. The summed E-state index contributed by atoms with van der Waals surface area (Å²) in [6, 6.07) is 15.9. The Hall–Kier alpha value is -1.85. The lowest BCUT2D eigenvalue weighted by Gasteiger charge is -2.18. The molecule has 2 unspecified atom stereocenters. The molecule has 1 aromatic carbocycles. The number of pyridine rings is 1. The number of hydrogen-bond donors (Lipinski definition) is 0. The number of aromatic nitrogens is 1. The molecule has 0 amide bonds. The molecule has 0 spiro atoms. The molecule has 0 saturated carbocycles. The largest absolute Gasteiger partial charge is 0.239 e. The maximum Gasteiger partial charge on any atom is 0.129 e. The lowest BCUT2D eigenvalue weighted by atomic mass is 9.88. The maximum atomic E-state index is 9.57. The first-order valence-electron chi connectivity index (χ1n) is 6.78. The second kappa shape index (κ2) is 6.54. The van der Waals surface area contributed by atoms with E-state index in [1.54, 1.807) is 6.07 Å². The standard InChI is InChI=1S/C17H17ClN2/c1-3-12(2)14-9-10-16(18)20-17(14)15(11-19)13-7-5-4-6-8-13/h4-10,12,15H,3H2,1-2H3. The second-order valence-corrected chi connectivity index (χ2v) is 5.28. The molecule has 3 heteroatoms. The Morgan fingerprint density at radius 2 is 1.90 bits per heavy atom. The summed E-state index contributed by atoms with van der Waals surface area (Å²) >= 11 is 6.03. The summed E-state index contributed by atoms with van der Waals surface area (Å²) in [6.45, 7) is 4.28. The van der Waals surface area contributed by atoms with Crippen molar-refractivity contribution in [3.63, 3.8) is 0 Å². The van der Waals surface area contributed by atoms with E-state index in [1.807, 2.05) is 36.4 Å². The van der Waals surface area contributed by atoms with Gasteiger partial charge >= 0.3 is 0 Å². The zero-order valence-electron chi connectivity index (χ0n) is 11.7. The van der Waals surface area contributed by atoms with Crippen LogP contribution in [-0.2, 0) is 0 Å². The molecular weight excluding hydrogens is 268 g/mol. The van der Waals surface area contributed by atoms with Crippen molar-refractivity contribution >= 4 is 11.6 Å². The summed E-state index contributed by atoms with van der Waals surface area (Å²) in [5.41, 5.74) is 2.84. The minimum atomic E-state index is -0.376. The van der Waals surface area contributed by atoms with Gasteiger partial charge in [0, 0.05) is 0 Å². The molecule has 0 saturated heterocycles. The van der Waals surface area contributed by atoms with Crippen molar-refractivity contribution in [1.82, 2.24) is 4.98 Å². The minimum Gasteiger partial charge on any atom is -0.239 e. The van der Waals surface area contributed by atoms with Crippen molar-refractivity contribution in [2.45, 2.75) is 32.1 Å². The van der Waals surface area contributed by atoms with Gasteiger partial charge in [0.15, 0.2) is 0 Å². The van der Waals surface area contributed by atoms with E-state index in [2.05, 4.69) is 24.9 Å². The fraction of sp³-hybridized carbons (Fsp3) is 0.294. The topological polar surface area (TPSA) is 36.7 Å². The molecule has 1 aromatic heterocycles. The van der Waals surface area contributed by atoms with E-state index >= 15 is 0 Å². The van der Waals surface area contributed by atoms with E-state index in [-0.39, 0.29) is 5.92 Å². The van der Waals surface area contributed by atoms with E-state index in [0.29, 0.717) is 11.1 Å². The van der Waals surface area contributed by atoms with Gasteiger partial charge in [-0.15, -0.1) is 0 Å². The molecule has 0 aliphatic carbocycles. The number of benzene rings is 1. The van der Waals surface area contributed by atoms with Crippen molar-refractivity contribution in [2.75, 3.05) is 0 Å². The average molecular weight is 285 g/mol. The molecule has 102 valence electrons. The lowest BCUT2D eigenvalue weighted by Crippen LogP contribution is -2.08. The fourth-order valence-electron chi connectivity index (χ4n) is 2.27. The van der Waals surface area contributed by atoms with Gasteiger partial charge in [-0.25, -0.2) is 4.98 Å². The van der Waals surface area contributed by atoms with Crippen LogP contribution in [-0.4, -0.2) is 4.98 Å². The number of nitrogens with zero attached hydrogens (tertiary/aromatic N) is 2. The molecule has 0 fully saturated rings. The van der Waals surface area contributed by atoms with Gasteiger partial charge in [-0.05, 0) is 29.5 Å². The van der Waals surface area contributed by atoms with E-state index in [1.165, 1.54) is 0 Å². The first-order chi connectivity index (χ1) is 9.67. The Labute approximate surface area is 125 Å². The van der Waals surface area contributed by atoms with Crippen molar-refractivity contribution in [3.8, 4) is 6.07 Å². The van der Waals surface area contributed by atoms with Crippen LogP contribution in [0.15, 0.2) is 42.5 Å². The van der Waals surface area contributed by atoms with Crippen LogP contribution in [0.1, 0.15) is 48.9 Å². The van der Waals surface area contributed by atoms with Crippen molar-refractivity contribution < 1.29 is 0 Å². The van der Waals surface area contributed by atoms with Crippen LogP contribution in [0.3, 0.4) is 0 Å². The second-order valence-electron chi connectivity index (χ2n) is 4.89. The van der Waals surface area contributed by atoms with Gasteiger partial charge in [-0.1, -0.05) is 61.8 Å². The number of rotatable bonds is 4. The van der Waals surface area contributed by atoms with Crippen molar-refractivity contribution in [2.24, 2.45) is 0 Å². The highest BCUT2D eigenvalue weighted by molar-refractivity contribution is 6.29. The molecule has 2 atom stereocenters. The summed E-state index contributed by atoms with van der Waals surface area (Å²) in [5.74, 6) is -0.0202. The van der Waals surface area contributed by atoms with Crippen LogP contribution in [0.2, 0.25) is 5.15 Å². The monoisotopic (exact) mass is 284 g/mol. The molecule has 0 bridgehead atoms. The third-order valence-corrected chi connectivity index (χ3v) is 3.81. The molecule has 2 rings (SSSR count). The van der Waals surface area contributed by atoms with Gasteiger partial charge in [0.25, 0.3) is 0 Å². The number of hydrogen-bond acceptors (Lipinski definition) is 2. The summed E-state index contributed by atoms with van der Waals surface area (Å²) in [6.07, 6.45) is 1.00. The Kier molecular flexibility index (Phi) is 4.76. The van der Waals surface area contributed by atoms with Gasteiger partial charge < -0.3 is 0 Å². The minimum absolute atomic E-state index is 0.356. The van der Waals surface area contributed by atoms with Gasteiger partial charge in [-0.3, -0.25) is 0 Å². The quantitative estimate of drug-likeness (QED) is 0.749. The molecule has 20 heavy (non-hydrogen) atoms. The highest BCUT2D eigenvalue weighted by Gasteiger charge is 2.21. The van der Waals surface area contributed by atoms with Gasteiger partial charge in [0.1, 0.15) is 11.1 Å². The molecule has 2 aromatic rings. The highest BCUT2D eigenvalue weighted by atomic mass is 35.5. The Bertz CT molecular complexity index is 617. The van der Waals surface area contributed by atoms with Crippen molar-refractivity contribution in [1.29, 1.82) is 5.26 Å². The van der Waals surface area contributed by atoms with E-state index in [0.717, 1.165) is 23.2 Å². The van der Waals surface area contributed by atoms with Gasteiger partial charge in [0.05, 0.1) is 11.8 Å².